The summed E-state index contributed by atoms with van der Waals surface area (Å²) in [4.78, 5) is 0. The van der Waals surface area contributed by atoms with Gasteiger partial charge in [-0.15, -0.1) is 0 Å². The molecular weight excluding hydrogens is 176 g/mol. The van der Waals surface area contributed by atoms with Crippen LogP contribution in [0.25, 0.3) is 0 Å². The first-order valence-corrected chi connectivity index (χ1v) is 5.37. The zero-order valence-electron chi connectivity index (χ0n) is 8.86. The normalized spacial score (nSPS) is 28.5. The predicted molar refractivity (Wildman–Crippen MR) is 54.9 cm³/mol. The highest BCUT2D eigenvalue weighted by molar-refractivity contribution is 5.24. The fourth-order valence-electron chi connectivity index (χ4n) is 2.59. The summed E-state index contributed by atoms with van der Waals surface area (Å²) in [6.07, 6.45) is 4.10. The van der Waals surface area contributed by atoms with Gasteiger partial charge in [-0.25, -0.2) is 0 Å². The Hall–Kier alpha value is -0.830. The molecule has 2 N–H and O–H groups in total. The Balaban J connectivity index is 2.31. The van der Waals surface area contributed by atoms with Crippen molar-refractivity contribution >= 4 is 0 Å². The van der Waals surface area contributed by atoms with Crippen LogP contribution in [0.15, 0.2) is 10.7 Å². The lowest BCUT2D eigenvalue weighted by Crippen LogP contribution is -2.27. The van der Waals surface area contributed by atoms with Gasteiger partial charge in [0.15, 0.2) is 0 Å². The minimum absolute atomic E-state index is 0.517. The Morgan fingerprint density at radius 3 is 3.21 bits per heavy atom. The highest BCUT2D eigenvalue weighted by Gasteiger charge is 2.32. The van der Waals surface area contributed by atoms with E-state index in [1.165, 1.54) is 12.0 Å². The summed E-state index contributed by atoms with van der Waals surface area (Å²) < 4.78 is 5.24. The fraction of sp³-hybridized carbons (Fsp3) is 0.727. The van der Waals surface area contributed by atoms with Crippen molar-refractivity contribution in [3.05, 3.63) is 17.5 Å². The molecule has 0 saturated heterocycles. The van der Waals surface area contributed by atoms with E-state index in [2.05, 4.69) is 19.0 Å². The van der Waals surface area contributed by atoms with Gasteiger partial charge in [-0.3, -0.25) is 0 Å². The summed E-state index contributed by atoms with van der Waals surface area (Å²) >= 11 is 0. The SMILES string of the molecule is CC(CN)C1c2cnoc2CCC1C. The van der Waals surface area contributed by atoms with E-state index in [1.807, 2.05) is 6.20 Å². The first-order chi connectivity index (χ1) is 6.74. The van der Waals surface area contributed by atoms with E-state index in [0.29, 0.717) is 17.8 Å². The molecule has 1 aliphatic rings. The van der Waals surface area contributed by atoms with Crippen molar-refractivity contribution in [2.24, 2.45) is 17.6 Å². The van der Waals surface area contributed by atoms with Gasteiger partial charge in [-0.2, -0.15) is 0 Å². The van der Waals surface area contributed by atoms with Crippen molar-refractivity contribution in [2.45, 2.75) is 32.6 Å². The Labute approximate surface area is 84.7 Å². The first kappa shape index (κ1) is 9.71. The number of fused-ring (bicyclic) bond motifs is 1. The summed E-state index contributed by atoms with van der Waals surface area (Å²) in [5.41, 5.74) is 7.03. The van der Waals surface area contributed by atoms with Crippen LogP contribution in [0.2, 0.25) is 0 Å². The van der Waals surface area contributed by atoms with Crippen LogP contribution in [0, 0.1) is 11.8 Å². The number of aromatic nitrogens is 1. The molecule has 0 fully saturated rings. The van der Waals surface area contributed by atoms with E-state index in [-0.39, 0.29) is 0 Å². The van der Waals surface area contributed by atoms with Crippen molar-refractivity contribution in [3.8, 4) is 0 Å². The van der Waals surface area contributed by atoms with Crippen molar-refractivity contribution in [1.82, 2.24) is 5.16 Å². The highest BCUT2D eigenvalue weighted by atomic mass is 16.5. The second-order valence-corrected chi connectivity index (χ2v) is 4.46. The maximum absolute atomic E-state index is 5.74. The summed E-state index contributed by atoms with van der Waals surface area (Å²) in [6.45, 7) is 5.25. The predicted octanol–water partition coefficient (Wildman–Crippen LogP) is 1.94. The van der Waals surface area contributed by atoms with Crippen LogP contribution >= 0.6 is 0 Å². The monoisotopic (exact) mass is 194 g/mol. The smallest absolute Gasteiger partial charge is 0.140 e. The van der Waals surface area contributed by atoms with Gasteiger partial charge in [0, 0.05) is 12.0 Å². The lowest BCUT2D eigenvalue weighted by Gasteiger charge is -2.31. The van der Waals surface area contributed by atoms with Crippen LogP contribution in [0.1, 0.15) is 37.5 Å². The van der Waals surface area contributed by atoms with E-state index in [4.69, 9.17) is 10.3 Å². The van der Waals surface area contributed by atoms with Gasteiger partial charge in [-0.1, -0.05) is 19.0 Å². The van der Waals surface area contributed by atoms with Gasteiger partial charge in [0.1, 0.15) is 5.76 Å². The summed E-state index contributed by atoms with van der Waals surface area (Å²) in [6, 6.07) is 0. The molecule has 0 amide bonds. The Morgan fingerprint density at radius 2 is 2.50 bits per heavy atom. The van der Waals surface area contributed by atoms with E-state index >= 15 is 0 Å². The van der Waals surface area contributed by atoms with Crippen LogP contribution in [0.5, 0.6) is 0 Å². The van der Waals surface area contributed by atoms with Gasteiger partial charge in [0.25, 0.3) is 0 Å². The maximum Gasteiger partial charge on any atom is 0.140 e. The summed E-state index contributed by atoms with van der Waals surface area (Å²) in [5, 5.41) is 3.89. The summed E-state index contributed by atoms with van der Waals surface area (Å²) in [5.74, 6) is 2.83. The lowest BCUT2D eigenvalue weighted by atomic mass is 9.73. The van der Waals surface area contributed by atoms with Crippen molar-refractivity contribution < 1.29 is 4.52 Å². The maximum atomic E-state index is 5.74. The van der Waals surface area contributed by atoms with Gasteiger partial charge >= 0.3 is 0 Å². The molecule has 78 valence electrons. The van der Waals surface area contributed by atoms with Crippen LogP contribution in [0.4, 0.5) is 0 Å². The van der Waals surface area contributed by atoms with Gasteiger partial charge in [0.2, 0.25) is 0 Å². The molecule has 1 aromatic heterocycles. The highest BCUT2D eigenvalue weighted by Crippen LogP contribution is 2.40. The standard InChI is InChI=1S/C11H18N2O/c1-7-3-4-10-9(6-13-14-10)11(7)8(2)5-12/h6-8,11H,3-5,12H2,1-2H3. The zero-order valence-corrected chi connectivity index (χ0v) is 8.86. The van der Waals surface area contributed by atoms with Gasteiger partial charge < -0.3 is 10.3 Å². The second-order valence-electron chi connectivity index (χ2n) is 4.46. The van der Waals surface area contributed by atoms with Crippen LogP contribution < -0.4 is 5.73 Å². The van der Waals surface area contributed by atoms with Gasteiger partial charge in [-0.05, 0) is 30.7 Å². The molecule has 0 spiro atoms. The molecule has 0 bridgehead atoms. The molecule has 1 aromatic rings. The zero-order chi connectivity index (χ0) is 10.1. The van der Waals surface area contributed by atoms with Crippen molar-refractivity contribution in [1.29, 1.82) is 0 Å². The number of rotatable bonds is 2. The number of nitrogens with two attached hydrogens (primary N) is 1. The molecule has 0 radical (unpaired) electrons. The number of hydrogen-bond donors (Lipinski definition) is 1. The third-order valence-electron chi connectivity index (χ3n) is 3.46. The molecule has 1 aliphatic carbocycles. The van der Waals surface area contributed by atoms with Crippen LogP contribution in [-0.4, -0.2) is 11.7 Å². The molecule has 3 unspecified atom stereocenters. The average molecular weight is 194 g/mol. The second kappa shape index (κ2) is 3.73. The lowest BCUT2D eigenvalue weighted by molar-refractivity contribution is 0.286. The van der Waals surface area contributed by atoms with Crippen molar-refractivity contribution in [3.63, 3.8) is 0 Å². The Morgan fingerprint density at radius 1 is 1.71 bits per heavy atom. The largest absolute Gasteiger partial charge is 0.361 e. The Bertz CT molecular complexity index is 308. The topological polar surface area (TPSA) is 52.0 Å². The Kier molecular flexibility index (Phi) is 2.59. The average Bonchev–Trinajstić information content (AvgIpc) is 2.64. The molecule has 0 aliphatic heterocycles. The number of nitrogens with zero attached hydrogens (tertiary/aromatic N) is 1. The fourth-order valence-corrected chi connectivity index (χ4v) is 2.59. The first-order valence-electron chi connectivity index (χ1n) is 5.37. The quantitative estimate of drug-likeness (QED) is 0.782. The molecule has 2 rings (SSSR count). The minimum atomic E-state index is 0.517. The van der Waals surface area contributed by atoms with E-state index < -0.39 is 0 Å². The molecule has 3 atom stereocenters. The minimum Gasteiger partial charge on any atom is -0.361 e. The third kappa shape index (κ3) is 1.46. The van der Waals surface area contributed by atoms with E-state index in [0.717, 1.165) is 18.7 Å². The van der Waals surface area contributed by atoms with Gasteiger partial charge in [0.05, 0.1) is 6.20 Å². The molecule has 0 saturated carbocycles. The molecule has 0 aromatic carbocycles. The number of hydrogen-bond acceptors (Lipinski definition) is 3. The molecule has 1 heterocycles. The van der Waals surface area contributed by atoms with E-state index in [9.17, 15) is 0 Å². The molecular formula is C11H18N2O. The van der Waals surface area contributed by atoms with E-state index in [1.54, 1.807) is 0 Å². The molecule has 3 nitrogen and oxygen atoms in total. The third-order valence-corrected chi connectivity index (χ3v) is 3.46. The van der Waals surface area contributed by atoms with Crippen LogP contribution in [-0.2, 0) is 6.42 Å². The number of aryl methyl sites for hydroxylation is 1. The van der Waals surface area contributed by atoms with Crippen LogP contribution in [0.3, 0.4) is 0 Å². The van der Waals surface area contributed by atoms with Crippen molar-refractivity contribution in [2.75, 3.05) is 6.54 Å². The molecule has 3 heteroatoms. The molecule has 14 heavy (non-hydrogen) atoms. The summed E-state index contributed by atoms with van der Waals surface area (Å²) in [7, 11) is 0.